The zero-order chi connectivity index (χ0) is 9.26. The van der Waals surface area contributed by atoms with Gasteiger partial charge in [0.05, 0.1) is 6.04 Å². The Hall–Kier alpha value is -1.35. The summed E-state index contributed by atoms with van der Waals surface area (Å²) in [6.45, 7) is 0. The van der Waals surface area contributed by atoms with Gasteiger partial charge in [-0.15, -0.1) is 0 Å². The minimum absolute atomic E-state index is 0.145. The molecule has 0 saturated carbocycles. The molecule has 68 valence electrons. The Bertz CT molecular complexity index is 310. The Morgan fingerprint density at radius 3 is 2.54 bits per heavy atom. The van der Waals surface area contributed by atoms with Crippen LogP contribution in [0, 0.1) is 0 Å². The van der Waals surface area contributed by atoms with Gasteiger partial charge in [0.2, 0.25) is 5.91 Å². The van der Waals surface area contributed by atoms with Crippen LogP contribution in [-0.2, 0) is 4.79 Å². The molecule has 1 aliphatic rings. The van der Waals surface area contributed by atoms with E-state index in [0.29, 0.717) is 12.8 Å². The number of nitrogens with zero attached hydrogens (tertiary/aromatic N) is 1. The fourth-order valence-electron chi connectivity index (χ4n) is 1.65. The van der Waals surface area contributed by atoms with Crippen LogP contribution in [0.3, 0.4) is 0 Å². The Balaban J connectivity index is 2.24. The number of carbonyl (C=O) groups excluding carboxylic acids is 1. The van der Waals surface area contributed by atoms with Crippen molar-refractivity contribution in [2.75, 3.05) is 0 Å². The zero-order valence-electron chi connectivity index (χ0n) is 7.18. The van der Waals surface area contributed by atoms with Gasteiger partial charge in [0, 0.05) is 6.42 Å². The molecule has 1 saturated heterocycles. The molecule has 3 nitrogen and oxygen atoms in total. The van der Waals surface area contributed by atoms with E-state index in [2.05, 4.69) is 0 Å². The summed E-state index contributed by atoms with van der Waals surface area (Å²) in [7, 11) is 0. The largest absolute Gasteiger partial charge is 0.285 e. The molecule has 2 rings (SSSR count). The summed E-state index contributed by atoms with van der Waals surface area (Å²) in [6.07, 6.45) is 1.15. The molecule has 1 atom stereocenters. The van der Waals surface area contributed by atoms with E-state index in [1.165, 1.54) is 0 Å². The fourth-order valence-corrected chi connectivity index (χ4v) is 1.65. The smallest absolute Gasteiger partial charge is 0.246 e. The van der Waals surface area contributed by atoms with Gasteiger partial charge in [0.1, 0.15) is 0 Å². The van der Waals surface area contributed by atoms with E-state index in [-0.39, 0.29) is 11.9 Å². The van der Waals surface area contributed by atoms with Crippen molar-refractivity contribution in [3.63, 3.8) is 0 Å². The van der Waals surface area contributed by atoms with Gasteiger partial charge in [0.25, 0.3) is 0 Å². The summed E-state index contributed by atoms with van der Waals surface area (Å²) in [5.41, 5.74) is 0.996. The van der Waals surface area contributed by atoms with E-state index in [0.717, 1.165) is 10.6 Å². The number of hydrogen-bond donors (Lipinski definition) is 1. The molecule has 1 aromatic rings. The standard InChI is InChI=1S/C10H11NO2/c12-10-7-6-9(11(10)13)8-4-2-1-3-5-8/h1-5,9,13H,6-7H2. The molecule has 1 N–H and O–H groups in total. The average molecular weight is 177 g/mol. The maximum absolute atomic E-state index is 11.0. The Morgan fingerprint density at radius 2 is 2.00 bits per heavy atom. The fraction of sp³-hybridized carbons (Fsp3) is 0.300. The minimum Gasteiger partial charge on any atom is -0.285 e. The Kier molecular flexibility index (Phi) is 2.02. The summed E-state index contributed by atoms with van der Waals surface area (Å²) in [5.74, 6) is -0.186. The topological polar surface area (TPSA) is 40.5 Å². The van der Waals surface area contributed by atoms with Crippen molar-refractivity contribution in [2.45, 2.75) is 18.9 Å². The van der Waals surface area contributed by atoms with E-state index in [1.54, 1.807) is 0 Å². The quantitative estimate of drug-likeness (QED) is 0.664. The highest BCUT2D eigenvalue weighted by atomic mass is 16.5. The molecular formula is C10H11NO2. The highest BCUT2D eigenvalue weighted by molar-refractivity contribution is 5.77. The van der Waals surface area contributed by atoms with E-state index in [9.17, 15) is 10.0 Å². The molecule has 0 aliphatic carbocycles. The molecule has 3 heteroatoms. The minimum atomic E-state index is -0.186. The van der Waals surface area contributed by atoms with Crippen molar-refractivity contribution in [3.05, 3.63) is 35.9 Å². The van der Waals surface area contributed by atoms with Gasteiger partial charge in [-0.05, 0) is 12.0 Å². The number of benzene rings is 1. The van der Waals surface area contributed by atoms with Crippen LogP contribution in [0.1, 0.15) is 24.4 Å². The van der Waals surface area contributed by atoms with Gasteiger partial charge in [0.15, 0.2) is 0 Å². The Morgan fingerprint density at radius 1 is 1.31 bits per heavy atom. The van der Waals surface area contributed by atoms with Crippen LogP contribution < -0.4 is 0 Å². The van der Waals surface area contributed by atoms with Gasteiger partial charge in [-0.3, -0.25) is 10.0 Å². The molecule has 0 bridgehead atoms. The highest BCUT2D eigenvalue weighted by Gasteiger charge is 2.30. The molecule has 0 radical (unpaired) electrons. The van der Waals surface area contributed by atoms with Crippen molar-refractivity contribution in [1.82, 2.24) is 5.06 Å². The maximum atomic E-state index is 11.0. The van der Waals surface area contributed by atoms with Crippen LogP contribution in [0.5, 0.6) is 0 Å². The third kappa shape index (κ3) is 1.42. The van der Waals surface area contributed by atoms with E-state index < -0.39 is 0 Å². The molecule has 13 heavy (non-hydrogen) atoms. The van der Waals surface area contributed by atoms with Gasteiger partial charge in [-0.1, -0.05) is 30.3 Å². The van der Waals surface area contributed by atoms with E-state index >= 15 is 0 Å². The first-order valence-corrected chi connectivity index (χ1v) is 4.35. The number of carbonyl (C=O) groups is 1. The molecular weight excluding hydrogens is 166 g/mol. The lowest BCUT2D eigenvalue weighted by Gasteiger charge is -2.17. The summed E-state index contributed by atoms with van der Waals surface area (Å²) in [6, 6.07) is 9.44. The van der Waals surface area contributed by atoms with Crippen LogP contribution in [-0.4, -0.2) is 16.2 Å². The lowest BCUT2D eigenvalue weighted by molar-refractivity contribution is -0.165. The molecule has 1 heterocycles. The zero-order valence-corrected chi connectivity index (χ0v) is 7.18. The van der Waals surface area contributed by atoms with Gasteiger partial charge in [-0.25, -0.2) is 5.06 Å². The predicted molar refractivity (Wildman–Crippen MR) is 47.0 cm³/mol. The second-order valence-electron chi connectivity index (χ2n) is 3.20. The molecule has 0 spiro atoms. The number of rotatable bonds is 1. The normalized spacial score (nSPS) is 22.4. The molecule has 1 unspecified atom stereocenters. The van der Waals surface area contributed by atoms with Crippen molar-refractivity contribution >= 4 is 5.91 Å². The monoisotopic (exact) mass is 177 g/mol. The number of amides is 1. The van der Waals surface area contributed by atoms with Crippen molar-refractivity contribution in [2.24, 2.45) is 0 Å². The molecule has 1 aliphatic heterocycles. The summed E-state index contributed by atoms with van der Waals surface area (Å²) in [4.78, 5) is 11.0. The Labute approximate surface area is 76.6 Å². The maximum Gasteiger partial charge on any atom is 0.246 e. The predicted octanol–water partition coefficient (Wildman–Crippen LogP) is 1.74. The van der Waals surface area contributed by atoms with Gasteiger partial charge < -0.3 is 0 Å². The lowest BCUT2D eigenvalue weighted by atomic mass is 10.1. The highest BCUT2D eigenvalue weighted by Crippen LogP contribution is 2.30. The third-order valence-corrected chi connectivity index (χ3v) is 2.37. The van der Waals surface area contributed by atoms with Crippen LogP contribution in [0.25, 0.3) is 0 Å². The van der Waals surface area contributed by atoms with Crippen molar-refractivity contribution in [1.29, 1.82) is 0 Å². The second kappa shape index (κ2) is 3.18. The van der Waals surface area contributed by atoms with Crippen LogP contribution >= 0.6 is 0 Å². The number of hydroxylamine groups is 2. The summed E-state index contributed by atoms with van der Waals surface area (Å²) >= 11 is 0. The summed E-state index contributed by atoms with van der Waals surface area (Å²) in [5, 5.41) is 10.2. The first kappa shape index (κ1) is 8.26. The first-order valence-electron chi connectivity index (χ1n) is 4.35. The van der Waals surface area contributed by atoms with Crippen LogP contribution in [0.2, 0.25) is 0 Å². The van der Waals surface area contributed by atoms with E-state index in [4.69, 9.17) is 0 Å². The van der Waals surface area contributed by atoms with Gasteiger partial charge >= 0.3 is 0 Å². The van der Waals surface area contributed by atoms with E-state index in [1.807, 2.05) is 30.3 Å². The lowest BCUT2D eigenvalue weighted by Crippen LogP contribution is -2.23. The second-order valence-corrected chi connectivity index (χ2v) is 3.20. The van der Waals surface area contributed by atoms with Crippen LogP contribution in [0.4, 0.5) is 0 Å². The summed E-state index contributed by atoms with van der Waals surface area (Å²) < 4.78 is 0. The van der Waals surface area contributed by atoms with Crippen molar-refractivity contribution in [3.8, 4) is 0 Å². The third-order valence-electron chi connectivity index (χ3n) is 2.37. The average Bonchev–Trinajstić information content (AvgIpc) is 2.49. The molecule has 1 fully saturated rings. The van der Waals surface area contributed by atoms with Gasteiger partial charge in [-0.2, -0.15) is 0 Å². The molecule has 0 aromatic heterocycles. The first-order chi connectivity index (χ1) is 6.29. The number of hydrogen-bond acceptors (Lipinski definition) is 2. The molecule has 1 amide bonds. The van der Waals surface area contributed by atoms with Crippen LogP contribution in [0.15, 0.2) is 30.3 Å². The molecule has 1 aromatic carbocycles. The SMILES string of the molecule is O=C1CCC(c2ccccc2)N1O. The van der Waals surface area contributed by atoms with Crippen molar-refractivity contribution < 1.29 is 10.0 Å².